The van der Waals surface area contributed by atoms with Crippen molar-refractivity contribution in [2.24, 2.45) is 0 Å². The Morgan fingerprint density at radius 2 is 1.80 bits per heavy atom. The highest BCUT2D eigenvalue weighted by Crippen LogP contribution is 2.20. The molecule has 1 unspecified atom stereocenters. The van der Waals surface area contributed by atoms with Crippen LogP contribution in [0.3, 0.4) is 0 Å². The van der Waals surface area contributed by atoms with Crippen molar-refractivity contribution in [3.05, 3.63) is 29.6 Å². The second kappa shape index (κ2) is 4.57. The van der Waals surface area contributed by atoms with Crippen LogP contribution in [0.25, 0.3) is 0 Å². The van der Waals surface area contributed by atoms with E-state index in [4.69, 9.17) is 0 Å². The van der Waals surface area contributed by atoms with Crippen LogP contribution in [0.1, 0.15) is 6.92 Å². The smallest absolute Gasteiger partial charge is 0.237 e. The Morgan fingerprint density at radius 3 is 2.20 bits per heavy atom. The Hall–Kier alpha value is -1.17. The summed E-state index contributed by atoms with van der Waals surface area (Å²) in [6, 6.07) is 0.976. The first-order chi connectivity index (χ1) is 6.91. The lowest BCUT2D eigenvalue weighted by molar-refractivity contribution is -0.115. The number of amides is 1. The first-order valence-corrected chi connectivity index (χ1v) is 4.57. The molecule has 1 aromatic rings. The molecule has 0 radical (unpaired) electrons. The highest BCUT2D eigenvalue weighted by atomic mass is 32.1. The Bertz CT molecular complexity index is 372. The summed E-state index contributed by atoms with van der Waals surface area (Å²) in [5.74, 6) is -4.02. The van der Waals surface area contributed by atoms with Crippen molar-refractivity contribution < 1.29 is 18.0 Å². The van der Waals surface area contributed by atoms with Gasteiger partial charge in [0.15, 0.2) is 11.6 Å². The van der Waals surface area contributed by atoms with Crippen LogP contribution in [-0.4, -0.2) is 11.2 Å². The molecule has 6 heteroatoms. The molecule has 1 atom stereocenters. The Labute approximate surface area is 89.9 Å². The summed E-state index contributed by atoms with van der Waals surface area (Å²) in [5, 5.41) is 1.26. The van der Waals surface area contributed by atoms with E-state index in [1.54, 1.807) is 0 Å². The van der Waals surface area contributed by atoms with Crippen LogP contribution in [0.2, 0.25) is 0 Å². The van der Waals surface area contributed by atoms with Crippen LogP contribution in [-0.2, 0) is 4.79 Å². The van der Waals surface area contributed by atoms with Crippen LogP contribution in [0.5, 0.6) is 0 Å². The minimum Gasteiger partial charge on any atom is -0.320 e. The molecule has 1 N–H and O–H groups in total. The number of carbonyl (C=O) groups is 1. The monoisotopic (exact) mass is 235 g/mol. The highest BCUT2D eigenvalue weighted by Gasteiger charge is 2.16. The predicted octanol–water partition coefficient (Wildman–Crippen LogP) is 2.36. The predicted molar refractivity (Wildman–Crippen MR) is 53.4 cm³/mol. The zero-order valence-corrected chi connectivity index (χ0v) is 8.62. The van der Waals surface area contributed by atoms with E-state index >= 15 is 0 Å². The zero-order chi connectivity index (χ0) is 11.6. The van der Waals surface area contributed by atoms with E-state index in [-0.39, 0.29) is 0 Å². The summed E-state index contributed by atoms with van der Waals surface area (Å²) in [4.78, 5) is 11.1. The number of hydrogen-bond donors (Lipinski definition) is 2. The molecule has 2 nitrogen and oxygen atoms in total. The van der Waals surface area contributed by atoms with Gasteiger partial charge >= 0.3 is 0 Å². The van der Waals surface area contributed by atoms with E-state index in [0.29, 0.717) is 12.1 Å². The Morgan fingerprint density at radius 1 is 1.33 bits per heavy atom. The molecule has 0 aliphatic heterocycles. The standard InChI is InChI=1S/C9H8F3NOS/c1-4(15)9(14)13-8-6(11)2-5(10)3-7(8)12/h2-4,15H,1H3,(H,13,14). The van der Waals surface area contributed by atoms with E-state index in [0.717, 1.165) is 0 Å². The minimum atomic E-state index is -1.16. The second-order valence-electron chi connectivity index (χ2n) is 2.91. The summed E-state index contributed by atoms with van der Waals surface area (Å²) in [5.41, 5.74) is -0.665. The van der Waals surface area contributed by atoms with Crippen molar-refractivity contribution in [1.82, 2.24) is 0 Å². The molecular weight excluding hydrogens is 227 g/mol. The fourth-order valence-corrected chi connectivity index (χ4v) is 0.954. The number of halogens is 3. The van der Waals surface area contributed by atoms with E-state index < -0.39 is 34.3 Å². The SMILES string of the molecule is CC(S)C(=O)Nc1c(F)cc(F)cc1F. The van der Waals surface area contributed by atoms with Gasteiger partial charge in [-0.15, -0.1) is 0 Å². The number of thiol groups is 1. The Kier molecular flexibility index (Phi) is 3.62. The van der Waals surface area contributed by atoms with Crippen molar-refractivity contribution in [1.29, 1.82) is 0 Å². The van der Waals surface area contributed by atoms with Crippen molar-refractivity contribution in [2.45, 2.75) is 12.2 Å². The molecule has 0 bridgehead atoms. The lowest BCUT2D eigenvalue weighted by atomic mass is 10.2. The van der Waals surface area contributed by atoms with Crippen LogP contribution in [0.4, 0.5) is 18.9 Å². The molecule has 0 heterocycles. The third kappa shape index (κ3) is 2.89. The molecule has 0 aromatic heterocycles. The van der Waals surface area contributed by atoms with Crippen molar-refractivity contribution in [3.63, 3.8) is 0 Å². The lowest BCUT2D eigenvalue weighted by Crippen LogP contribution is -2.22. The van der Waals surface area contributed by atoms with Crippen LogP contribution in [0, 0.1) is 17.5 Å². The molecule has 0 aliphatic rings. The lowest BCUT2D eigenvalue weighted by Gasteiger charge is -2.09. The van der Waals surface area contributed by atoms with Gasteiger partial charge < -0.3 is 5.32 Å². The van der Waals surface area contributed by atoms with E-state index in [1.165, 1.54) is 6.92 Å². The second-order valence-corrected chi connectivity index (χ2v) is 3.68. The first-order valence-electron chi connectivity index (χ1n) is 4.05. The van der Waals surface area contributed by atoms with Crippen molar-refractivity contribution >= 4 is 24.2 Å². The van der Waals surface area contributed by atoms with Gasteiger partial charge in [0.05, 0.1) is 5.25 Å². The topological polar surface area (TPSA) is 29.1 Å². The minimum absolute atomic E-state index is 0.488. The van der Waals surface area contributed by atoms with Gasteiger partial charge in [-0.1, -0.05) is 0 Å². The molecule has 0 aliphatic carbocycles. The maximum atomic E-state index is 13.0. The first kappa shape index (κ1) is 11.9. The summed E-state index contributed by atoms with van der Waals surface area (Å²) in [6.07, 6.45) is 0. The number of rotatable bonds is 2. The van der Waals surface area contributed by atoms with E-state index in [9.17, 15) is 18.0 Å². The third-order valence-corrected chi connectivity index (χ3v) is 1.87. The van der Waals surface area contributed by atoms with Crippen molar-refractivity contribution in [3.8, 4) is 0 Å². The molecule has 1 amide bonds. The molecule has 15 heavy (non-hydrogen) atoms. The number of nitrogens with one attached hydrogen (secondary N) is 1. The zero-order valence-electron chi connectivity index (χ0n) is 7.72. The molecule has 0 spiro atoms. The van der Waals surface area contributed by atoms with Gasteiger partial charge in [-0.25, -0.2) is 13.2 Å². The summed E-state index contributed by atoms with van der Waals surface area (Å²) in [6.45, 7) is 1.44. The number of carbonyl (C=O) groups excluding carboxylic acids is 1. The van der Waals surface area contributed by atoms with Crippen LogP contribution < -0.4 is 5.32 Å². The van der Waals surface area contributed by atoms with E-state index in [2.05, 4.69) is 12.6 Å². The average Bonchev–Trinajstić information content (AvgIpc) is 2.10. The van der Waals surface area contributed by atoms with Gasteiger partial charge in [0.1, 0.15) is 11.5 Å². The van der Waals surface area contributed by atoms with Gasteiger partial charge in [0.25, 0.3) is 0 Å². The third-order valence-electron chi connectivity index (χ3n) is 1.63. The summed E-state index contributed by atoms with van der Waals surface area (Å²) >= 11 is 3.78. The fourth-order valence-electron chi connectivity index (χ4n) is 0.889. The summed E-state index contributed by atoms with van der Waals surface area (Å²) < 4.78 is 38.5. The maximum absolute atomic E-state index is 13.0. The molecule has 0 saturated carbocycles. The van der Waals surface area contributed by atoms with Crippen LogP contribution >= 0.6 is 12.6 Å². The van der Waals surface area contributed by atoms with Gasteiger partial charge in [-0.2, -0.15) is 12.6 Å². The van der Waals surface area contributed by atoms with E-state index in [1.807, 2.05) is 5.32 Å². The average molecular weight is 235 g/mol. The fraction of sp³-hybridized carbons (Fsp3) is 0.222. The molecule has 82 valence electrons. The molecule has 0 fully saturated rings. The number of hydrogen-bond acceptors (Lipinski definition) is 2. The largest absolute Gasteiger partial charge is 0.320 e. The normalized spacial score (nSPS) is 12.3. The van der Waals surface area contributed by atoms with Gasteiger partial charge in [-0.3, -0.25) is 4.79 Å². The molecular formula is C9H8F3NOS. The maximum Gasteiger partial charge on any atom is 0.237 e. The number of benzene rings is 1. The van der Waals surface area contributed by atoms with Gasteiger partial charge in [-0.05, 0) is 6.92 Å². The molecule has 0 saturated heterocycles. The summed E-state index contributed by atoms with van der Waals surface area (Å²) in [7, 11) is 0. The molecule has 1 aromatic carbocycles. The number of anilines is 1. The Balaban J connectivity index is 3.00. The quantitative estimate of drug-likeness (QED) is 0.757. The van der Waals surface area contributed by atoms with Gasteiger partial charge in [0.2, 0.25) is 5.91 Å². The van der Waals surface area contributed by atoms with Gasteiger partial charge in [0, 0.05) is 12.1 Å². The highest BCUT2D eigenvalue weighted by molar-refractivity contribution is 7.81. The van der Waals surface area contributed by atoms with Crippen molar-refractivity contribution in [2.75, 3.05) is 5.32 Å². The van der Waals surface area contributed by atoms with Crippen LogP contribution in [0.15, 0.2) is 12.1 Å². The molecule has 1 rings (SSSR count).